The molecule has 0 saturated carbocycles. The first-order valence-electron chi connectivity index (χ1n) is 8.95. The summed E-state index contributed by atoms with van der Waals surface area (Å²) < 4.78 is 2.39. The minimum Gasteiger partial charge on any atom is -0.492 e. The van der Waals surface area contributed by atoms with E-state index in [0.29, 0.717) is 5.69 Å². The largest absolute Gasteiger partial charge is 0.492 e. The monoisotopic (exact) mass is 403 g/mol. The van der Waals surface area contributed by atoms with E-state index in [1.807, 2.05) is 19.9 Å². The minimum absolute atomic E-state index is 0.0277. The van der Waals surface area contributed by atoms with Crippen molar-refractivity contribution in [3.8, 4) is 23.6 Å². The van der Waals surface area contributed by atoms with Crippen molar-refractivity contribution >= 4 is 11.5 Å². The number of H-pyrrole nitrogens is 1. The van der Waals surface area contributed by atoms with Crippen LogP contribution in [0, 0.1) is 11.3 Å². The van der Waals surface area contributed by atoms with E-state index in [1.165, 1.54) is 28.0 Å². The highest BCUT2D eigenvalue weighted by Gasteiger charge is 2.17. The molecule has 0 atom stereocenters. The Morgan fingerprint density at radius 1 is 1.10 bits per heavy atom. The van der Waals surface area contributed by atoms with E-state index in [4.69, 9.17) is 0 Å². The molecule has 11 heteroatoms. The van der Waals surface area contributed by atoms with Gasteiger partial charge in [0.2, 0.25) is 11.6 Å². The Bertz CT molecular complexity index is 1250. The van der Waals surface area contributed by atoms with E-state index < -0.39 is 11.4 Å². The SMILES string of the molecule is CC.N#Cc1cnn(-c2ncccn2)c1N=Nc1c(O)n(-c2ccccc2)[nH]c1=O. The number of nitrogens with one attached hydrogen (secondary N) is 1. The lowest BCUT2D eigenvalue weighted by atomic mass is 10.3. The molecule has 1 aromatic carbocycles. The van der Waals surface area contributed by atoms with Crippen LogP contribution in [0.1, 0.15) is 19.4 Å². The van der Waals surface area contributed by atoms with Gasteiger partial charge in [-0.3, -0.25) is 9.89 Å². The lowest BCUT2D eigenvalue weighted by Crippen LogP contribution is -2.03. The van der Waals surface area contributed by atoms with Gasteiger partial charge in [-0.15, -0.1) is 10.2 Å². The van der Waals surface area contributed by atoms with E-state index in [0.717, 1.165) is 0 Å². The maximum Gasteiger partial charge on any atom is 0.296 e. The van der Waals surface area contributed by atoms with Crippen molar-refractivity contribution in [3.05, 3.63) is 70.9 Å². The van der Waals surface area contributed by atoms with E-state index in [-0.39, 0.29) is 23.0 Å². The number of hydrogen-bond acceptors (Lipinski definition) is 8. The number of azo groups is 1. The predicted octanol–water partition coefficient (Wildman–Crippen LogP) is 3.16. The molecule has 4 aromatic rings. The van der Waals surface area contributed by atoms with Gasteiger partial charge in [-0.05, 0) is 18.2 Å². The first-order valence-corrected chi connectivity index (χ1v) is 8.95. The average molecular weight is 403 g/mol. The fourth-order valence-electron chi connectivity index (χ4n) is 2.43. The number of aromatic hydroxyl groups is 1. The fraction of sp³-hybridized carbons (Fsp3) is 0.105. The van der Waals surface area contributed by atoms with Gasteiger partial charge in [0, 0.05) is 12.4 Å². The summed E-state index contributed by atoms with van der Waals surface area (Å²) in [5.41, 5.74) is -0.311. The molecule has 4 rings (SSSR count). The number of aromatic nitrogens is 6. The second-order valence-corrected chi connectivity index (χ2v) is 5.44. The van der Waals surface area contributed by atoms with Gasteiger partial charge in [-0.25, -0.2) is 14.6 Å². The molecule has 0 aliphatic carbocycles. The molecule has 11 nitrogen and oxygen atoms in total. The van der Waals surface area contributed by atoms with Gasteiger partial charge in [-0.1, -0.05) is 32.0 Å². The smallest absolute Gasteiger partial charge is 0.296 e. The summed E-state index contributed by atoms with van der Waals surface area (Å²) in [6.07, 6.45) is 4.30. The molecular formula is C19H17N9O2. The summed E-state index contributed by atoms with van der Waals surface area (Å²) >= 11 is 0. The maximum atomic E-state index is 12.2. The lowest BCUT2D eigenvalue weighted by molar-refractivity contribution is 0.434. The molecule has 0 spiro atoms. The molecule has 0 fully saturated rings. The Balaban J connectivity index is 0.00000124. The molecular weight excluding hydrogens is 386 g/mol. The Morgan fingerprint density at radius 2 is 1.80 bits per heavy atom. The quantitative estimate of drug-likeness (QED) is 0.500. The first kappa shape index (κ1) is 20.2. The summed E-state index contributed by atoms with van der Waals surface area (Å²) in [7, 11) is 0. The van der Waals surface area contributed by atoms with E-state index in [2.05, 4.69) is 30.4 Å². The van der Waals surface area contributed by atoms with Crippen molar-refractivity contribution in [2.75, 3.05) is 0 Å². The molecule has 0 bridgehead atoms. The highest BCUT2D eigenvalue weighted by molar-refractivity contribution is 5.52. The van der Waals surface area contributed by atoms with Gasteiger partial charge in [0.15, 0.2) is 5.82 Å². The number of nitrogens with zero attached hydrogens (tertiary/aromatic N) is 8. The van der Waals surface area contributed by atoms with Crippen LogP contribution >= 0.6 is 0 Å². The second kappa shape index (κ2) is 9.07. The van der Waals surface area contributed by atoms with Crippen LogP contribution in [0.5, 0.6) is 5.88 Å². The maximum absolute atomic E-state index is 12.2. The number of para-hydroxylation sites is 1. The molecule has 0 radical (unpaired) electrons. The molecule has 3 heterocycles. The molecule has 2 N–H and O–H groups in total. The standard InChI is InChI=1S/C17H11N9O2.C2H6/c18-9-11-10-21-26(17-19-7-4-8-20-17)14(11)23-22-13-15(27)24-25(16(13)28)12-5-2-1-3-6-12;1-2/h1-8,10,28H,(H,24,27);1-2H3. The van der Waals surface area contributed by atoms with Gasteiger partial charge in [-0.2, -0.15) is 15.0 Å². The van der Waals surface area contributed by atoms with Crippen LogP contribution in [0.2, 0.25) is 0 Å². The van der Waals surface area contributed by atoms with Crippen LogP contribution in [-0.2, 0) is 0 Å². The van der Waals surface area contributed by atoms with Gasteiger partial charge >= 0.3 is 0 Å². The average Bonchev–Trinajstić information content (AvgIpc) is 3.35. The zero-order chi connectivity index (χ0) is 21.5. The van der Waals surface area contributed by atoms with Crippen LogP contribution in [0.4, 0.5) is 11.5 Å². The fourth-order valence-corrected chi connectivity index (χ4v) is 2.43. The highest BCUT2D eigenvalue weighted by Crippen LogP contribution is 2.28. The van der Waals surface area contributed by atoms with Crippen molar-refractivity contribution in [2.24, 2.45) is 10.2 Å². The Hall–Kier alpha value is -4.59. The number of aromatic amines is 1. The third-order valence-corrected chi connectivity index (χ3v) is 3.72. The molecule has 0 aliphatic rings. The first-order chi connectivity index (χ1) is 14.7. The summed E-state index contributed by atoms with van der Waals surface area (Å²) in [4.78, 5) is 20.3. The van der Waals surface area contributed by atoms with Crippen LogP contribution < -0.4 is 5.56 Å². The second-order valence-electron chi connectivity index (χ2n) is 5.44. The molecule has 3 aromatic heterocycles. The molecule has 0 unspecified atom stereocenters. The van der Waals surface area contributed by atoms with Crippen LogP contribution in [0.15, 0.2) is 70.0 Å². The Labute approximate surface area is 170 Å². The van der Waals surface area contributed by atoms with Crippen LogP contribution in [-0.4, -0.2) is 34.6 Å². The van der Waals surface area contributed by atoms with E-state index in [1.54, 1.807) is 36.4 Å². The minimum atomic E-state index is -0.648. The Morgan fingerprint density at radius 3 is 2.47 bits per heavy atom. The van der Waals surface area contributed by atoms with Crippen LogP contribution in [0.25, 0.3) is 11.6 Å². The van der Waals surface area contributed by atoms with Gasteiger partial charge in [0.05, 0.1) is 11.9 Å². The number of hydrogen-bond donors (Lipinski definition) is 2. The predicted molar refractivity (Wildman–Crippen MR) is 107 cm³/mol. The van der Waals surface area contributed by atoms with Crippen molar-refractivity contribution in [1.29, 1.82) is 5.26 Å². The molecule has 30 heavy (non-hydrogen) atoms. The number of nitriles is 1. The van der Waals surface area contributed by atoms with Crippen LogP contribution in [0.3, 0.4) is 0 Å². The Kier molecular flexibility index (Phi) is 6.09. The van der Waals surface area contributed by atoms with Crippen molar-refractivity contribution in [2.45, 2.75) is 13.8 Å². The van der Waals surface area contributed by atoms with Gasteiger partial charge < -0.3 is 5.11 Å². The summed E-state index contributed by atoms with van der Waals surface area (Å²) in [6.45, 7) is 4.00. The molecule has 0 aliphatic heterocycles. The molecule has 150 valence electrons. The summed E-state index contributed by atoms with van der Waals surface area (Å²) in [5, 5.41) is 33.9. The number of benzene rings is 1. The summed E-state index contributed by atoms with van der Waals surface area (Å²) in [5.74, 6) is -0.210. The van der Waals surface area contributed by atoms with Gasteiger partial charge in [0.1, 0.15) is 11.6 Å². The van der Waals surface area contributed by atoms with Gasteiger partial charge in [0.25, 0.3) is 11.5 Å². The normalized spacial score (nSPS) is 10.4. The van der Waals surface area contributed by atoms with E-state index >= 15 is 0 Å². The van der Waals surface area contributed by atoms with Crippen molar-refractivity contribution < 1.29 is 5.11 Å². The molecule has 0 amide bonds. The summed E-state index contributed by atoms with van der Waals surface area (Å²) in [6, 6.07) is 12.3. The third kappa shape index (κ3) is 3.83. The molecule has 0 saturated heterocycles. The topological polar surface area (TPSA) is 150 Å². The number of rotatable bonds is 4. The lowest BCUT2D eigenvalue weighted by Gasteiger charge is -2.02. The highest BCUT2D eigenvalue weighted by atomic mass is 16.3. The van der Waals surface area contributed by atoms with E-state index in [9.17, 15) is 15.2 Å². The zero-order valence-electron chi connectivity index (χ0n) is 16.1. The van der Waals surface area contributed by atoms with Crippen molar-refractivity contribution in [3.63, 3.8) is 0 Å². The van der Waals surface area contributed by atoms with Crippen molar-refractivity contribution in [1.82, 2.24) is 29.5 Å². The zero-order valence-corrected chi connectivity index (χ0v) is 16.1. The third-order valence-electron chi connectivity index (χ3n) is 3.72.